The monoisotopic (exact) mass is 560 g/mol. The van der Waals surface area contributed by atoms with Crippen molar-refractivity contribution in [1.29, 1.82) is 0 Å². The van der Waals surface area contributed by atoms with Crippen LogP contribution < -0.4 is 9.62 Å². The molecule has 1 aliphatic carbocycles. The van der Waals surface area contributed by atoms with Crippen LogP contribution in [0.3, 0.4) is 0 Å². The molecular weight excluding hydrogens is 527 g/mol. The molecule has 7 nitrogen and oxygen atoms in total. The molecule has 0 aliphatic heterocycles. The van der Waals surface area contributed by atoms with Crippen LogP contribution >= 0.6 is 0 Å². The van der Waals surface area contributed by atoms with Crippen molar-refractivity contribution < 1.29 is 17.6 Å². The van der Waals surface area contributed by atoms with E-state index in [2.05, 4.69) is 23.6 Å². The van der Waals surface area contributed by atoms with Crippen LogP contribution in [0.25, 0.3) is 0 Å². The first-order valence-corrected chi connectivity index (χ1v) is 14.7. The first kappa shape index (κ1) is 27.7. The fourth-order valence-corrected chi connectivity index (χ4v) is 6.48. The maximum absolute atomic E-state index is 13.9. The SMILES string of the molecule is Cn1ccnc1CN(C(=O)CC(C)(C)c1ccccc1)c1ccc2c(c1)[C@@H](NS(=O)(=O)c1ccc(F)cc1)CC2. The summed E-state index contributed by atoms with van der Waals surface area (Å²) < 4.78 is 44.2. The highest BCUT2D eigenvalue weighted by Gasteiger charge is 2.31. The van der Waals surface area contributed by atoms with E-state index >= 15 is 0 Å². The molecule has 1 atom stereocenters. The number of sulfonamides is 1. The second-order valence-electron chi connectivity index (χ2n) is 10.9. The van der Waals surface area contributed by atoms with Crippen LogP contribution in [-0.2, 0) is 40.2 Å². The molecule has 0 unspecified atom stereocenters. The molecule has 5 rings (SSSR count). The third-order valence-corrected chi connectivity index (χ3v) is 9.10. The molecule has 1 N–H and O–H groups in total. The largest absolute Gasteiger partial charge is 0.337 e. The minimum atomic E-state index is -3.86. The first-order valence-electron chi connectivity index (χ1n) is 13.3. The highest BCUT2D eigenvalue weighted by atomic mass is 32.2. The lowest BCUT2D eigenvalue weighted by Crippen LogP contribution is -2.36. The summed E-state index contributed by atoms with van der Waals surface area (Å²) in [6.45, 7) is 4.39. The Bertz CT molecular complexity index is 1620. The van der Waals surface area contributed by atoms with Crippen molar-refractivity contribution in [2.45, 2.75) is 56.0 Å². The van der Waals surface area contributed by atoms with Gasteiger partial charge in [0.15, 0.2) is 0 Å². The Hall–Kier alpha value is -3.82. The fourth-order valence-electron chi connectivity index (χ4n) is 5.23. The Morgan fingerprint density at radius 3 is 2.50 bits per heavy atom. The topological polar surface area (TPSA) is 84.3 Å². The van der Waals surface area contributed by atoms with Gasteiger partial charge in [0.2, 0.25) is 15.9 Å². The standard InChI is InChI=1S/C31H33FN4O3S/c1-31(2,23-7-5-4-6-8-23)20-30(37)36(21-29-33-17-18-35(29)3)25-13-9-22-10-16-28(27(22)19-25)34-40(38,39)26-14-11-24(32)12-15-26/h4-9,11-15,17-19,28,34H,10,16,20-21H2,1-3H3/t28-/m0/s1. The summed E-state index contributed by atoms with van der Waals surface area (Å²) in [6.07, 6.45) is 5.12. The second kappa shape index (κ2) is 11.0. The van der Waals surface area contributed by atoms with Crippen molar-refractivity contribution in [3.8, 4) is 0 Å². The van der Waals surface area contributed by atoms with Gasteiger partial charge in [0.05, 0.1) is 11.4 Å². The Balaban J connectivity index is 1.45. The van der Waals surface area contributed by atoms with Crippen LogP contribution in [0, 0.1) is 5.82 Å². The van der Waals surface area contributed by atoms with Gasteiger partial charge in [-0.15, -0.1) is 0 Å². The van der Waals surface area contributed by atoms with Gasteiger partial charge < -0.3 is 9.47 Å². The molecular formula is C31H33FN4O3S. The number of benzene rings is 3. The summed E-state index contributed by atoms with van der Waals surface area (Å²) in [5, 5.41) is 0. The van der Waals surface area contributed by atoms with Gasteiger partial charge in [-0.2, -0.15) is 0 Å². The Morgan fingerprint density at radius 1 is 1.10 bits per heavy atom. The normalized spacial score (nSPS) is 15.2. The Kier molecular flexibility index (Phi) is 7.61. The number of hydrogen-bond donors (Lipinski definition) is 1. The summed E-state index contributed by atoms with van der Waals surface area (Å²) in [7, 11) is -1.97. The van der Waals surface area contributed by atoms with Gasteiger partial charge in [0.1, 0.15) is 11.6 Å². The molecule has 9 heteroatoms. The molecule has 1 amide bonds. The molecule has 1 aliphatic rings. The number of halogens is 1. The molecule has 40 heavy (non-hydrogen) atoms. The maximum Gasteiger partial charge on any atom is 0.241 e. The molecule has 4 aromatic rings. The lowest BCUT2D eigenvalue weighted by atomic mass is 9.81. The van der Waals surface area contributed by atoms with Gasteiger partial charge in [0.25, 0.3) is 0 Å². The lowest BCUT2D eigenvalue weighted by molar-refractivity contribution is -0.119. The van der Waals surface area contributed by atoms with E-state index in [-0.39, 0.29) is 23.8 Å². The van der Waals surface area contributed by atoms with Crippen molar-refractivity contribution in [2.75, 3.05) is 4.90 Å². The van der Waals surface area contributed by atoms with E-state index in [0.29, 0.717) is 18.5 Å². The Morgan fingerprint density at radius 2 is 1.82 bits per heavy atom. The van der Waals surface area contributed by atoms with Gasteiger partial charge in [-0.1, -0.05) is 50.2 Å². The predicted molar refractivity (Wildman–Crippen MR) is 153 cm³/mol. The average Bonchev–Trinajstić information content (AvgIpc) is 3.52. The third kappa shape index (κ3) is 5.85. The van der Waals surface area contributed by atoms with E-state index in [9.17, 15) is 17.6 Å². The highest BCUT2D eigenvalue weighted by molar-refractivity contribution is 7.89. The molecule has 0 radical (unpaired) electrons. The molecule has 0 fully saturated rings. The lowest BCUT2D eigenvalue weighted by Gasteiger charge is -2.30. The fraction of sp³-hybridized carbons (Fsp3) is 0.290. The van der Waals surface area contributed by atoms with Crippen LogP contribution in [0.4, 0.5) is 10.1 Å². The van der Waals surface area contributed by atoms with Gasteiger partial charge >= 0.3 is 0 Å². The number of carbonyl (C=O) groups excluding carboxylic acids is 1. The summed E-state index contributed by atoms with van der Waals surface area (Å²) >= 11 is 0. The quantitative estimate of drug-likeness (QED) is 0.296. The smallest absolute Gasteiger partial charge is 0.241 e. The van der Waals surface area contributed by atoms with Crippen LogP contribution in [-0.4, -0.2) is 23.9 Å². The summed E-state index contributed by atoms with van der Waals surface area (Å²) in [5.41, 5.74) is 3.23. The van der Waals surface area contributed by atoms with Crippen molar-refractivity contribution in [2.24, 2.45) is 7.05 Å². The molecule has 1 aromatic heterocycles. The maximum atomic E-state index is 13.9. The molecule has 0 saturated carbocycles. The Labute approximate surface area is 234 Å². The number of aromatic nitrogens is 2. The molecule has 3 aromatic carbocycles. The average molecular weight is 561 g/mol. The highest BCUT2D eigenvalue weighted by Crippen LogP contribution is 2.36. The first-order chi connectivity index (χ1) is 19.0. The number of rotatable bonds is 9. The zero-order chi connectivity index (χ0) is 28.5. The van der Waals surface area contributed by atoms with Crippen LogP contribution in [0.15, 0.2) is 90.1 Å². The van der Waals surface area contributed by atoms with Crippen molar-refractivity contribution in [1.82, 2.24) is 14.3 Å². The van der Waals surface area contributed by atoms with Crippen molar-refractivity contribution >= 4 is 21.6 Å². The number of nitrogens with zero attached hydrogens (tertiary/aromatic N) is 3. The van der Waals surface area contributed by atoms with E-state index in [4.69, 9.17) is 0 Å². The summed E-state index contributed by atoms with van der Waals surface area (Å²) in [6, 6.07) is 20.1. The summed E-state index contributed by atoms with van der Waals surface area (Å²) in [4.78, 5) is 20.1. The van der Waals surface area contributed by atoms with Gasteiger partial charge in [-0.05, 0) is 71.3 Å². The third-order valence-electron chi connectivity index (χ3n) is 7.61. The van der Waals surface area contributed by atoms with Crippen LogP contribution in [0.5, 0.6) is 0 Å². The second-order valence-corrected chi connectivity index (χ2v) is 12.6. The minimum Gasteiger partial charge on any atom is -0.337 e. The molecule has 1 heterocycles. The predicted octanol–water partition coefficient (Wildman–Crippen LogP) is 5.43. The molecule has 0 spiro atoms. The number of nitrogens with one attached hydrogen (secondary N) is 1. The zero-order valence-corrected chi connectivity index (χ0v) is 23.7. The number of amides is 1. The number of anilines is 1. The van der Waals surface area contributed by atoms with E-state index in [0.717, 1.165) is 34.6 Å². The van der Waals surface area contributed by atoms with Gasteiger partial charge in [-0.3, -0.25) is 4.79 Å². The van der Waals surface area contributed by atoms with E-state index in [1.54, 1.807) is 11.1 Å². The van der Waals surface area contributed by atoms with E-state index in [1.807, 2.05) is 66.3 Å². The number of imidazole rings is 1. The van der Waals surface area contributed by atoms with Crippen molar-refractivity contribution in [3.63, 3.8) is 0 Å². The molecule has 208 valence electrons. The number of aryl methyl sites for hydroxylation is 2. The minimum absolute atomic E-state index is 0.00762. The number of hydrogen-bond acceptors (Lipinski definition) is 4. The van der Waals surface area contributed by atoms with Crippen molar-refractivity contribution in [3.05, 3.63) is 114 Å². The molecule has 0 bridgehead atoms. The van der Waals surface area contributed by atoms with Crippen LogP contribution in [0.1, 0.15) is 55.2 Å². The van der Waals surface area contributed by atoms with E-state index < -0.39 is 27.3 Å². The van der Waals surface area contributed by atoms with Crippen LogP contribution in [0.2, 0.25) is 0 Å². The zero-order valence-electron chi connectivity index (χ0n) is 22.8. The number of fused-ring (bicyclic) bond motifs is 1. The van der Waals surface area contributed by atoms with E-state index in [1.165, 1.54) is 12.1 Å². The summed E-state index contributed by atoms with van der Waals surface area (Å²) in [5.74, 6) is 0.181. The number of carbonyl (C=O) groups is 1. The molecule has 0 saturated heterocycles. The van der Waals surface area contributed by atoms with Gasteiger partial charge in [0, 0.05) is 37.6 Å². The van der Waals surface area contributed by atoms with Gasteiger partial charge in [-0.25, -0.2) is 22.5 Å².